The Bertz CT molecular complexity index is 432. The third kappa shape index (κ3) is 3.83. The second kappa shape index (κ2) is 6.90. The van der Waals surface area contributed by atoms with E-state index in [1.165, 1.54) is 12.1 Å². The van der Waals surface area contributed by atoms with Crippen molar-refractivity contribution in [3.8, 4) is 0 Å². The van der Waals surface area contributed by atoms with Crippen molar-refractivity contribution in [2.45, 2.75) is 18.5 Å². The number of hydrazine groups is 1. The summed E-state index contributed by atoms with van der Waals surface area (Å²) in [5, 5.41) is 0.464. The van der Waals surface area contributed by atoms with E-state index in [4.69, 9.17) is 17.4 Å². The molecule has 106 valence electrons. The van der Waals surface area contributed by atoms with Crippen molar-refractivity contribution in [2.24, 2.45) is 5.84 Å². The number of rotatable bonds is 4. The minimum absolute atomic E-state index is 0.112. The van der Waals surface area contributed by atoms with Gasteiger partial charge in [0.15, 0.2) is 0 Å². The number of hydrogen-bond donors (Lipinski definition) is 2. The highest BCUT2D eigenvalue weighted by molar-refractivity contribution is 7.99. The zero-order valence-corrected chi connectivity index (χ0v) is 12.5. The maximum absolute atomic E-state index is 13.0. The molecule has 2 rings (SSSR count). The number of halogens is 2. The largest absolute Gasteiger partial charge is 0.300 e. The summed E-state index contributed by atoms with van der Waals surface area (Å²) in [6.45, 7) is 1.06. The standard InChI is InChI=1S/C13H19ClFN3S/c1-18-4-5-19-8-13(18)12(17-16)6-9-2-3-10(15)7-11(9)14/h2-3,7,12-13,17H,4-6,8,16H2,1H3. The second-order valence-corrected chi connectivity index (χ2v) is 6.39. The predicted octanol–water partition coefficient (Wildman–Crippen LogP) is 1.90. The van der Waals surface area contributed by atoms with Crippen LogP contribution in [0.15, 0.2) is 18.2 Å². The third-order valence-electron chi connectivity index (χ3n) is 3.58. The lowest BCUT2D eigenvalue weighted by Gasteiger charge is -2.37. The van der Waals surface area contributed by atoms with Crippen LogP contribution in [0.1, 0.15) is 5.56 Å². The molecular weight excluding hydrogens is 285 g/mol. The minimum Gasteiger partial charge on any atom is -0.300 e. The molecule has 0 spiro atoms. The molecule has 1 aromatic carbocycles. The first-order valence-electron chi connectivity index (χ1n) is 6.30. The summed E-state index contributed by atoms with van der Waals surface area (Å²) < 4.78 is 13.0. The molecule has 1 fully saturated rings. The lowest BCUT2D eigenvalue weighted by Crippen LogP contribution is -2.55. The second-order valence-electron chi connectivity index (χ2n) is 4.84. The summed E-state index contributed by atoms with van der Waals surface area (Å²) in [7, 11) is 2.11. The molecule has 6 heteroatoms. The van der Waals surface area contributed by atoms with Crippen LogP contribution in [0, 0.1) is 5.82 Å². The SMILES string of the molecule is CN1CCSCC1C(Cc1ccc(F)cc1Cl)NN. The zero-order chi connectivity index (χ0) is 13.8. The van der Waals surface area contributed by atoms with Crippen LogP contribution in [0.2, 0.25) is 5.02 Å². The lowest BCUT2D eigenvalue weighted by molar-refractivity contribution is 0.214. The van der Waals surface area contributed by atoms with Crippen LogP contribution in [0.4, 0.5) is 4.39 Å². The molecule has 19 heavy (non-hydrogen) atoms. The summed E-state index contributed by atoms with van der Waals surface area (Å²) in [6, 6.07) is 5.00. The molecule has 0 bridgehead atoms. The van der Waals surface area contributed by atoms with E-state index in [1.807, 2.05) is 11.8 Å². The predicted molar refractivity (Wildman–Crippen MR) is 80.0 cm³/mol. The van der Waals surface area contributed by atoms with Gasteiger partial charge in [0, 0.05) is 35.2 Å². The first-order chi connectivity index (χ1) is 9.11. The van der Waals surface area contributed by atoms with Gasteiger partial charge in [-0.2, -0.15) is 11.8 Å². The van der Waals surface area contributed by atoms with Gasteiger partial charge in [-0.1, -0.05) is 17.7 Å². The molecule has 1 saturated heterocycles. The van der Waals surface area contributed by atoms with E-state index in [1.54, 1.807) is 6.07 Å². The highest BCUT2D eigenvalue weighted by Gasteiger charge is 2.27. The molecule has 2 unspecified atom stereocenters. The summed E-state index contributed by atoms with van der Waals surface area (Å²) >= 11 is 8.02. The fourth-order valence-electron chi connectivity index (χ4n) is 2.36. The Morgan fingerprint density at radius 1 is 1.63 bits per heavy atom. The van der Waals surface area contributed by atoms with E-state index in [-0.39, 0.29) is 11.9 Å². The van der Waals surface area contributed by atoms with E-state index in [2.05, 4.69) is 17.4 Å². The Morgan fingerprint density at radius 2 is 2.42 bits per heavy atom. The van der Waals surface area contributed by atoms with Gasteiger partial charge in [-0.25, -0.2) is 4.39 Å². The molecule has 3 nitrogen and oxygen atoms in total. The molecule has 0 radical (unpaired) electrons. The summed E-state index contributed by atoms with van der Waals surface area (Å²) in [5.41, 5.74) is 3.81. The maximum atomic E-state index is 13.0. The molecule has 0 aromatic heterocycles. The quantitative estimate of drug-likeness (QED) is 0.658. The monoisotopic (exact) mass is 303 g/mol. The van der Waals surface area contributed by atoms with Crippen LogP contribution in [0.5, 0.6) is 0 Å². The van der Waals surface area contributed by atoms with E-state index < -0.39 is 0 Å². The Labute approximate surface area is 122 Å². The van der Waals surface area contributed by atoms with Gasteiger partial charge in [0.1, 0.15) is 5.82 Å². The molecule has 1 heterocycles. The van der Waals surface area contributed by atoms with E-state index in [0.717, 1.165) is 23.6 Å². The van der Waals surface area contributed by atoms with Crippen LogP contribution in [-0.4, -0.2) is 42.1 Å². The lowest BCUT2D eigenvalue weighted by atomic mass is 9.99. The maximum Gasteiger partial charge on any atom is 0.124 e. The van der Waals surface area contributed by atoms with Crippen LogP contribution in [0.3, 0.4) is 0 Å². The number of benzene rings is 1. The Hall–Kier alpha value is -0.330. The Balaban J connectivity index is 2.09. The van der Waals surface area contributed by atoms with Crippen LogP contribution in [-0.2, 0) is 6.42 Å². The highest BCUT2D eigenvalue weighted by atomic mass is 35.5. The fraction of sp³-hybridized carbons (Fsp3) is 0.538. The molecule has 1 aromatic rings. The normalized spacial score (nSPS) is 22.4. The van der Waals surface area contributed by atoms with Gasteiger partial charge < -0.3 is 4.90 Å². The number of thioether (sulfide) groups is 1. The molecule has 0 amide bonds. The number of nitrogens with one attached hydrogen (secondary N) is 1. The number of hydrogen-bond acceptors (Lipinski definition) is 4. The molecular formula is C13H19ClFN3S. The van der Waals surface area contributed by atoms with E-state index in [9.17, 15) is 4.39 Å². The minimum atomic E-state index is -0.309. The Kier molecular flexibility index (Phi) is 5.47. The van der Waals surface area contributed by atoms with Crippen molar-refractivity contribution < 1.29 is 4.39 Å². The van der Waals surface area contributed by atoms with Gasteiger partial charge in [-0.05, 0) is 31.2 Å². The van der Waals surface area contributed by atoms with Crippen LogP contribution >= 0.6 is 23.4 Å². The van der Waals surface area contributed by atoms with Gasteiger partial charge >= 0.3 is 0 Å². The molecule has 2 atom stereocenters. The summed E-state index contributed by atoms with van der Waals surface area (Å²) in [5.74, 6) is 7.58. The highest BCUT2D eigenvalue weighted by Crippen LogP contribution is 2.23. The summed E-state index contributed by atoms with van der Waals surface area (Å²) in [6.07, 6.45) is 0.700. The van der Waals surface area contributed by atoms with E-state index >= 15 is 0 Å². The topological polar surface area (TPSA) is 41.3 Å². The van der Waals surface area contributed by atoms with Crippen molar-refractivity contribution in [1.29, 1.82) is 0 Å². The van der Waals surface area contributed by atoms with Crippen molar-refractivity contribution in [3.63, 3.8) is 0 Å². The third-order valence-corrected chi connectivity index (χ3v) is 4.98. The molecule has 0 saturated carbocycles. The molecule has 0 aliphatic carbocycles. The van der Waals surface area contributed by atoms with Crippen molar-refractivity contribution in [3.05, 3.63) is 34.6 Å². The van der Waals surface area contributed by atoms with Gasteiger partial charge in [0.05, 0.1) is 0 Å². The zero-order valence-electron chi connectivity index (χ0n) is 10.9. The number of nitrogens with zero attached hydrogens (tertiary/aromatic N) is 1. The first kappa shape index (κ1) is 15.1. The van der Waals surface area contributed by atoms with Gasteiger partial charge in [-0.3, -0.25) is 11.3 Å². The average molecular weight is 304 g/mol. The number of nitrogens with two attached hydrogens (primary N) is 1. The molecule has 1 aliphatic rings. The van der Waals surface area contributed by atoms with E-state index in [0.29, 0.717) is 17.5 Å². The average Bonchev–Trinajstić information content (AvgIpc) is 2.39. The van der Waals surface area contributed by atoms with Crippen LogP contribution in [0.25, 0.3) is 0 Å². The van der Waals surface area contributed by atoms with Gasteiger partial charge in [0.2, 0.25) is 0 Å². The summed E-state index contributed by atoms with van der Waals surface area (Å²) in [4.78, 5) is 2.32. The Morgan fingerprint density at radius 3 is 3.05 bits per heavy atom. The van der Waals surface area contributed by atoms with Crippen molar-refractivity contribution in [1.82, 2.24) is 10.3 Å². The smallest absolute Gasteiger partial charge is 0.124 e. The molecule has 1 aliphatic heterocycles. The molecule has 3 N–H and O–H groups in total. The first-order valence-corrected chi connectivity index (χ1v) is 7.83. The fourth-order valence-corrected chi connectivity index (χ4v) is 3.92. The van der Waals surface area contributed by atoms with Crippen LogP contribution < -0.4 is 11.3 Å². The number of likely N-dealkylation sites (N-methyl/N-ethyl adjacent to an activating group) is 1. The van der Waals surface area contributed by atoms with Gasteiger partial charge in [-0.15, -0.1) is 0 Å². The van der Waals surface area contributed by atoms with Crippen molar-refractivity contribution >= 4 is 23.4 Å². The van der Waals surface area contributed by atoms with Gasteiger partial charge in [0.25, 0.3) is 0 Å². The van der Waals surface area contributed by atoms with Crippen molar-refractivity contribution in [2.75, 3.05) is 25.1 Å².